The van der Waals surface area contributed by atoms with Crippen molar-refractivity contribution in [1.82, 2.24) is 4.90 Å². The van der Waals surface area contributed by atoms with Gasteiger partial charge in [-0.05, 0) is 12.1 Å². The molecule has 0 radical (unpaired) electrons. The van der Waals surface area contributed by atoms with E-state index in [-0.39, 0.29) is 11.7 Å². The second-order valence-corrected chi connectivity index (χ2v) is 4.06. The zero-order valence-electron chi connectivity index (χ0n) is 9.77. The van der Waals surface area contributed by atoms with Crippen LogP contribution in [-0.2, 0) is 0 Å². The molecular formula is C12H14FN3O2. The van der Waals surface area contributed by atoms with Gasteiger partial charge in [-0.15, -0.1) is 0 Å². The fraction of sp³-hybridized carbons (Fsp3) is 0.333. The van der Waals surface area contributed by atoms with E-state index in [1.54, 1.807) is 17.0 Å². The summed E-state index contributed by atoms with van der Waals surface area (Å²) in [5.41, 5.74) is 0.856. The number of amides is 2. The number of hydrogen-bond acceptors (Lipinski definition) is 3. The van der Waals surface area contributed by atoms with Crippen LogP contribution in [0.15, 0.2) is 29.4 Å². The number of rotatable bonds is 1. The third kappa shape index (κ3) is 2.77. The summed E-state index contributed by atoms with van der Waals surface area (Å²) in [5.74, 6) is -0.458. The van der Waals surface area contributed by atoms with E-state index in [4.69, 9.17) is 5.21 Å². The van der Waals surface area contributed by atoms with Crippen molar-refractivity contribution in [2.45, 2.75) is 12.8 Å². The van der Waals surface area contributed by atoms with Crippen molar-refractivity contribution < 1.29 is 14.4 Å². The summed E-state index contributed by atoms with van der Waals surface area (Å²) in [7, 11) is 0. The summed E-state index contributed by atoms with van der Waals surface area (Å²) < 4.78 is 13.3. The highest BCUT2D eigenvalue weighted by molar-refractivity contribution is 5.92. The van der Waals surface area contributed by atoms with Gasteiger partial charge in [0.15, 0.2) is 0 Å². The first-order valence-electron chi connectivity index (χ1n) is 5.71. The molecule has 1 fully saturated rings. The van der Waals surface area contributed by atoms with Crippen LogP contribution in [0.3, 0.4) is 0 Å². The fourth-order valence-corrected chi connectivity index (χ4v) is 1.82. The minimum Gasteiger partial charge on any atom is -0.411 e. The number of urea groups is 1. The minimum atomic E-state index is -0.458. The van der Waals surface area contributed by atoms with E-state index in [9.17, 15) is 9.18 Å². The first kappa shape index (κ1) is 12.3. The van der Waals surface area contributed by atoms with Gasteiger partial charge >= 0.3 is 6.03 Å². The van der Waals surface area contributed by atoms with Gasteiger partial charge in [-0.2, -0.15) is 0 Å². The first-order chi connectivity index (χ1) is 8.70. The van der Waals surface area contributed by atoms with Gasteiger partial charge in [-0.1, -0.05) is 17.3 Å². The van der Waals surface area contributed by atoms with Gasteiger partial charge < -0.3 is 15.4 Å². The van der Waals surface area contributed by atoms with E-state index in [0.717, 1.165) is 0 Å². The lowest BCUT2D eigenvalue weighted by Gasteiger charge is -2.27. The molecule has 0 atom stereocenters. The number of halogens is 1. The smallest absolute Gasteiger partial charge is 0.321 e. The number of oxime groups is 1. The number of likely N-dealkylation sites (tertiary alicyclic amines) is 1. The molecule has 18 heavy (non-hydrogen) atoms. The Hall–Kier alpha value is -2.11. The number of nitrogens with one attached hydrogen (secondary N) is 1. The monoisotopic (exact) mass is 251 g/mol. The zero-order chi connectivity index (χ0) is 13.0. The Balaban J connectivity index is 1.95. The van der Waals surface area contributed by atoms with Crippen molar-refractivity contribution in [3.05, 3.63) is 30.1 Å². The average molecular weight is 251 g/mol. The average Bonchev–Trinajstić information content (AvgIpc) is 2.41. The van der Waals surface area contributed by atoms with Crippen molar-refractivity contribution in [2.75, 3.05) is 18.4 Å². The van der Waals surface area contributed by atoms with Crippen LogP contribution in [0.5, 0.6) is 0 Å². The molecule has 2 rings (SSSR count). The molecule has 1 aliphatic rings. The van der Waals surface area contributed by atoms with E-state index in [0.29, 0.717) is 31.6 Å². The second kappa shape index (κ2) is 5.48. The van der Waals surface area contributed by atoms with Gasteiger partial charge in [0.05, 0.1) is 11.4 Å². The van der Waals surface area contributed by atoms with E-state index < -0.39 is 5.82 Å². The SMILES string of the molecule is O=C(Nc1ccccc1F)N1CCC(=NO)CC1. The molecule has 96 valence electrons. The molecule has 1 aliphatic heterocycles. The molecule has 2 amide bonds. The lowest BCUT2D eigenvalue weighted by molar-refractivity contribution is 0.210. The Kier molecular flexibility index (Phi) is 3.76. The van der Waals surface area contributed by atoms with Gasteiger partial charge in [0, 0.05) is 25.9 Å². The summed E-state index contributed by atoms with van der Waals surface area (Å²) in [4.78, 5) is 13.4. The van der Waals surface area contributed by atoms with Crippen molar-refractivity contribution in [3.8, 4) is 0 Å². The largest absolute Gasteiger partial charge is 0.411 e. The fourth-order valence-electron chi connectivity index (χ4n) is 1.82. The molecule has 5 nitrogen and oxygen atoms in total. The van der Waals surface area contributed by atoms with Crippen LogP contribution < -0.4 is 5.32 Å². The van der Waals surface area contributed by atoms with Gasteiger partial charge in [0.1, 0.15) is 5.82 Å². The molecule has 0 bridgehead atoms. The molecule has 0 aromatic heterocycles. The van der Waals surface area contributed by atoms with Crippen LogP contribution in [0.25, 0.3) is 0 Å². The summed E-state index contributed by atoms with van der Waals surface area (Å²) in [5, 5.41) is 14.3. The van der Waals surface area contributed by atoms with Crippen LogP contribution in [0, 0.1) is 5.82 Å². The topological polar surface area (TPSA) is 64.9 Å². The molecule has 2 N–H and O–H groups in total. The van der Waals surface area contributed by atoms with E-state index in [1.807, 2.05) is 0 Å². The van der Waals surface area contributed by atoms with Crippen molar-refractivity contribution in [3.63, 3.8) is 0 Å². The molecule has 1 aromatic carbocycles. The highest BCUT2D eigenvalue weighted by Crippen LogP contribution is 2.14. The standard InChI is InChI=1S/C12H14FN3O2/c13-10-3-1-2-4-11(10)14-12(17)16-7-5-9(15-18)6-8-16/h1-4,18H,5-8H2,(H,14,17). The van der Waals surface area contributed by atoms with Crippen LogP contribution in [-0.4, -0.2) is 34.9 Å². The number of nitrogens with zero attached hydrogens (tertiary/aromatic N) is 2. The number of para-hydroxylation sites is 1. The van der Waals surface area contributed by atoms with Crippen LogP contribution in [0.4, 0.5) is 14.9 Å². The maximum atomic E-state index is 13.3. The number of benzene rings is 1. The quantitative estimate of drug-likeness (QED) is 0.594. The Labute approximate surface area is 104 Å². The van der Waals surface area contributed by atoms with Gasteiger partial charge in [-0.25, -0.2) is 9.18 Å². The van der Waals surface area contributed by atoms with E-state index >= 15 is 0 Å². The highest BCUT2D eigenvalue weighted by Gasteiger charge is 2.20. The molecule has 1 aromatic rings. The molecule has 1 saturated heterocycles. The molecule has 1 heterocycles. The summed E-state index contributed by atoms with van der Waals surface area (Å²) in [6.07, 6.45) is 1.09. The third-order valence-corrected chi connectivity index (χ3v) is 2.88. The third-order valence-electron chi connectivity index (χ3n) is 2.88. The van der Waals surface area contributed by atoms with Crippen molar-refractivity contribution in [2.24, 2.45) is 5.16 Å². The minimum absolute atomic E-state index is 0.170. The van der Waals surface area contributed by atoms with Crippen LogP contribution in [0.2, 0.25) is 0 Å². The number of hydrogen-bond donors (Lipinski definition) is 2. The number of anilines is 1. The number of piperidine rings is 1. The molecular weight excluding hydrogens is 237 g/mol. The van der Waals surface area contributed by atoms with Crippen molar-refractivity contribution >= 4 is 17.4 Å². The summed E-state index contributed by atoms with van der Waals surface area (Å²) >= 11 is 0. The molecule has 0 saturated carbocycles. The zero-order valence-corrected chi connectivity index (χ0v) is 9.77. The normalized spacial score (nSPS) is 15.4. The molecule has 0 spiro atoms. The molecule has 0 aliphatic carbocycles. The predicted octanol–water partition coefficient (Wildman–Crippen LogP) is 2.28. The number of carbonyl (C=O) groups is 1. The highest BCUT2D eigenvalue weighted by atomic mass is 19.1. The Morgan fingerprint density at radius 1 is 1.33 bits per heavy atom. The van der Waals surface area contributed by atoms with Crippen LogP contribution in [0.1, 0.15) is 12.8 Å². The van der Waals surface area contributed by atoms with E-state index in [1.165, 1.54) is 12.1 Å². The van der Waals surface area contributed by atoms with Crippen molar-refractivity contribution in [1.29, 1.82) is 0 Å². The van der Waals surface area contributed by atoms with Gasteiger partial charge in [0.25, 0.3) is 0 Å². The summed E-state index contributed by atoms with van der Waals surface area (Å²) in [6, 6.07) is 5.69. The maximum Gasteiger partial charge on any atom is 0.321 e. The Bertz CT molecular complexity index is 466. The molecule has 0 unspecified atom stereocenters. The molecule has 6 heteroatoms. The van der Waals surface area contributed by atoms with E-state index in [2.05, 4.69) is 10.5 Å². The van der Waals surface area contributed by atoms with Gasteiger partial charge in [0.2, 0.25) is 0 Å². The lowest BCUT2D eigenvalue weighted by atomic mass is 10.1. The Morgan fingerprint density at radius 3 is 2.61 bits per heavy atom. The predicted molar refractivity (Wildman–Crippen MR) is 65.4 cm³/mol. The maximum absolute atomic E-state index is 13.3. The lowest BCUT2D eigenvalue weighted by Crippen LogP contribution is -2.41. The number of carbonyl (C=O) groups excluding carboxylic acids is 1. The van der Waals surface area contributed by atoms with Crippen LogP contribution >= 0.6 is 0 Å². The second-order valence-electron chi connectivity index (χ2n) is 4.06. The van der Waals surface area contributed by atoms with Gasteiger partial charge in [-0.3, -0.25) is 0 Å². The summed E-state index contributed by atoms with van der Waals surface area (Å²) in [6.45, 7) is 0.944. The Morgan fingerprint density at radius 2 is 2.00 bits per heavy atom. The first-order valence-corrected chi connectivity index (χ1v) is 5.71.